The van der Waals surface area contributed by atoms with Crippen LogP contribution in [0.2, 0.25) is 5.02 Å². The Morgan fingerprint density at radius 1 is 1.35 bits per heavy atom. The quantitative estimate of drug-likeness (QED) is 0.705. The number of benzene rings is 1. The second-order valence-corrected chi connectivity index (χ2v) is 5.12. The molecule has 0 heterocycles. The fourth-order valence-corrected chi connectivity index (χ4v) is 2.31. The number of halogens is 2. The summed E-state index contributed by atoms with van der Waals surface area (Å²) >= 11 is 9.62. The summed E-state index contributed by atoms with van der Waals surface area (Å²) in [7, 11) is 0. The van der Waals surface area contributed by atoms with Crippen molar-refractivity contribution < 1.29 is 4.74 Å². The SMILES string of the molecule is CCOCCN(CC)Cc1ccc(Br)cc1Cl. The Hall–Kier alpha value is -0.0900. The molecule has 0 saturated heterocycles. The predicted octanol–water partition coefficient (Wildman–Crippen LogP) is 3.96. The predicted molar refractivity (Wildman–Crippen MR) is 76.6 cm³/mol. The topological polar surface area (TPSA) is 12.5 Å². The first-order valence-electron chi connectivity index (χ1n) is 5.91. The molecule has 0 fully saturated rings. The Kier molecular flexibility index (Phi) is 7.12. The summed E-state index contributed by atoms with van der Waals surface area (Å²) in [4.78, 5) is 2.32. The van der Waals surface area contributed by atoms with E-state index in [1.807, 2.05) is 19.1 Å². The molecule has 0 saturated carbocycles. The first-order chi connectivity index (χ1) is 8.17. The molecule has 0 aliphatic heterocycles. The maximum Gasteiger partial charge on any atom is 0.0593 e. The largest absolute Gasteiger partial charge is 0.380 e. The van der Waals surface area contributed by atoms with E-state index < -0.39 is 0 Å². The molecule has 0 aromatic heterocycles. The summed E-state index contributed by atoms with van der Waals surface area (Å²) in [5.74, 6) is 0. The van der Waals surface area contributed by atoms with E-state index in [1.54, 1.807) is 0 Å². The fourth-order valence-electron chi connectivity index (χ4n) is 1.58. The lowest BCUT2D eigenvalue weighted by Crippen LogP contribution is -2.27. The van der Waals surface area contributed by atoms with E-state index in [4.69, 9.17) is 16.3 Å². The van der Waals surface area contributed by atoms with Crippen LogP contribution in [0.5, 0.6) is 0 Å². The molecule has 0 aliphatic rings. The van der Waals surface area contributed by atoms with E-state index in [1.165, 1.54) is 0 Å². The molecular formula is C13H19BrClNO. The van der Waals surface area contributed by atoms with Crippen LogP contribution in [0.4, 0.5) is 0 Å². The Labute approximate surface area is 117 Å². The van der Waals surface area contributed by atoms with Crippen LogP contribution in [0.3, 0.4) is 0 Å². The molecule has 0 amide bonds. The van der Waals surface area contributed by atoms with Gasteiger partial charge in [0.05, 0.1) is 6.61 Å². The van der Waals surface area contributed by atoms with Gasteiger partial charge in [-0.05, 0) is 31.2 Å². The van der Waals surface area contributed by atoms with E-state index in [2.05, 4.69) is 33.8 Å². The minimum atomic E-state index is 0.774. The van der Waals surface area contributed by atoms with Gasteiger partial charge in [0.1, 0.15) is 0 Å². The molecule has 1 aromatic carbocycles. The number of likely N-dealkylation sites (N-methyl/N-ethyl adjacent to an activating group) is 1. The third-order valence-electron chi connectivity index (χ3n) is 2.61. The van der Waals surface area contributed by atoms with Gasteiger partial charge in [0.25, 0.3) is 0 Å². The normalized spacial score (nSPS) is 11.1. The molecule has 0 spiro atoms. The number of hydrogen-bond donors (Lipinski definition) is 0. The summed E-state index contributed by atoms with van der Waals surface area (Å²) in [6.07, 6.45) is 0. The van der Waals surface area contributed by atoms with Gasteiger partial charge in [0.2, 0.25) is 0 Å². The third-order valence-corrected chi connectivity index (χ3v) is 3.46. The highest BCUT2D eigenvalue weighted by atomic mass is 79.9. The number of ether oxygens (including phenoxy) is 1. The zero-order valence-corrected chi connectivity index (χ0v) is 12.7. The molecule has 17 heavy (non-hydrogen) atoms. The molecule has 0 unspecified atom stereocenters. The molecule has 4 heteroatoms. The second-order valence-electron chi connectivity index (χ2n) is 3.80. The molecule has 96 valence electrons. The van der Waals surface area contributed by atoms with Gasteiger partial charge in [0, 0.05) is 29.2 Å². The highest BCUT2D eigenvalue weighted by molar-refractivity contribution is 9.10. The maximum atomic E-state index is 6.20. The molecule has 0 N–H and O–H groups in total. The summed E-state index contributed by atoms with van der Waals surface area (Å²) in [6, 6.07) is 6.03. The summed E-state index contributed by atoms with van der Waals surface area (Å²) in [5.41, 5.74) is 1.16. The van der Waals surface area contributed by atoms with Gasteiger partial charge < -0.3 is 4.74 Å². The average molecular weight is 321 g/mol. The van der Waals surface area contributed by atoms with E-state index in [0.717, 1.165) is 47.9 Å². The fraction of sp³-hybridized carbons (Fsp3) is 0.538. The van der Waals surface area contributed by atoms with Gasteiger partial charge in [-0.1, -0.05) is 40.5 Å². The third kappa shape index (κ3) is 5.38. The molecular weight excluding hydrogens is 302 g/mol. The number of rotatable bonds is 7. The van der Waals surface area contributed by atoms with Crippen molar-refractivity contribution in [1.29, 1.82) is 0 Å². The van der Waals surface area contributed by atoms with Gasteiger partial charge in [-0.15, -0.1) is 0 Å². The number of nitrogens with zero attached hydrogens (tertiary/aromatic N) is 1. The van der Waals surface area contributed by atoms with Crippen LogP contribution in [0.25, 0.3) is 0 Å². The standard InChI is InChI=1S/C13H19BrClNO/c1-3-16(7-8-17-4-2)10-11-5-6-12(14)9-13(11)15/h5-6,9H,3-4,7-8,10H2,1-2H3. The molecule has 0 aliphatic carbocycles. The molecule has 0 atom stereocenters. The maximum absolute atomic E-state index is 6.20. The molecule has 0 bridgehead atoms. The minimum absolute atomic E-state index is 0.774. The average Bonchev–Trinajstić information content (AvgIpc) is 2.31. The second kappa shape index (κ2) is 8.09. The summed E-state index contributed by atoms with van der Waals surface area (Å²) < 4.78 is 6.39. The van der Waals surface area contributed by atoms with Gasteiger partial charge in [-0.25, -0.2) is 0 Å². The van der Waals surface area contributed by atoms with Crippen LogP contribution in [0.1, 0.15) is 19.4 Å². The van der Waals surface area contributed by atoms with Gasteiger partial charge >= 0.3 is 0 Å². The van der Waals surface area contributed by atoms with Crippen molar-refractivity contribution in [3.8, 4) is 0 Å². The lowest BCUT2D eigenvalue weighted by Gasteiger charge is -2.20. The lowest BCUT2D eigenvalue weighted by atomic mass is 10.2. The van der Waals surface area contributed by atoms with Gasteiger partial charge in [0.15, 0.2) is 0 Å². The Morgan fingerprint density at radius 2 is 2.12 bits per heavy atom. The van der Waals surface area contributed by atoms with Crippen LogP contribution < -0.4 is 0 Å². The van der Waals surface area contributed by atoms with Crippen LogP contribution in [0, 0.1) is 0 Å². The van der Waals surface area contributed by atoms with E-state index in [0.29, 0.717) is 0 Å². The van der Waals surface area contributed by atoms with Crippen molar-refractivity contribution in [2.24, 2.45) is 0 Å². The lowest BCUT2D eigenvalue weighted by molar-refractivity contribution is 0.113. The minimum Gasteiger partial charge on any atom is -0.380 e. The highest BCUT2D eigenvalue weighted by Gasteiger charge is 2.07. The van der Waals surface area contributed by atoms with E-state index >= 15 is 0 Å². The van der Waals surface area contributed by atoms with E-state index in [-0.39, 0.29) is 0 Å². The summed E-state index contributed by atoms with van der Waals surface area (Å²) in [5, 5.41) is 0.814. The monoisotopic (exact) mass is 319 g/mol. The summed E-state index contributed by atoms with van der Waals surface area (Å²) in [6.45, 7) is 8.53. The first kappa shape index (κ1) is 15.0. The first-order valence-corrected chi connectivity index (χ1v) is 7.08. The van der Waals surface area contributed by atoms with Crippen LogP contribution in [0.15, 0.2) is 22.7 Å². The highest BCUT2D eigenvalue weighted by Crippen LogP contribution is 2.22. The van der Waals surface area contributed by atoms with Crippen molar-refractivity contribution in [2.45, 2.75) is 20.4 Å². The molecule has 1 aromatic rings. The number of hydrogen-bond acceptors (Lipinski definition) is 2. The van der Waals surface area contributed by atoms with Crippen LogP contribution in [-0.4, -0.2) is 31.2 Å². The van der Waals surface area contributed by atoms with Crippen molar-refractivity contribution in [2.75, 3.05) is 26.3 Å². The smallest absolute Gasteiger partial charge is 0.0593 e. The zero-order valence-electron chi connectivity index (χ0n) is 10.4. The van der Waals surface area contributed by atoms with Crippen LogP contribution >= 0.6 is 27.5 Å². The zero-order chi connectivity index (χ0) is 12.7. The van der Waals surface area contributed by atoms with Crippen LogP contribution in [-0.2, 0) is 11.3 Å². The Morgan fingerprint density at radius 3 is 2.71 bits per heavy atom. The van der Waals surface area contributed by atoms with Gasteiger partial charge in [-0.2, -0.15) is 0 Å². The van der Waals surface area contributed by atoms with Crippen molar-refractivity contribution in [3.63, 3.8) is 0 Å². The van der Waals surface area contributed by atoms with E-state index in [9.17, 15) is 0 Å². The Balaban J connectivity index is 2.54. The molecule has 0 radical (unpaired) electrons. The van der Waals surface area contributed by atoms with Gasteiger partial charge in [-0.3, -0.25) is 4.90 Å². The molecule has 2 nitrogen and oxygen atoms in total. The van der Waals surface area contributed by atoms with Crippen molar-refractivity contribution >= 4 is 27.5 Å². The van der Waals surface area contributed by atoms with Crippen molar-refractivity contribution in [1.82, 2.24) is 4.90 Å². The molecule has 1 rings (SSSR count). The van der Waals surface area contributed by atoms with Crippen molar-refractivity contribution in [3.05, 3.63) is 33.3 Å². The Bertz CT molecular complexity index is 346.